The number of nitrogens with zero attached hydrogens (tertiary/aromatic N) is 1. The van der Waals surface area contributed by atoms with Crippen molar-refractivity contribution in [2.75, 3.05) is 0 Å². The van der Waals surface area contributed by atoms with E-state index >= 15 is 0 Å². The molecule has 0 bridgehead atoms. The van der Waals surface area contributed by atoms with Gasteiger partial charge < -0.3 is 4.42 Å². The van der Waals surface area contributed by atoms with Crippen LogP contribution in [0.5, 0.6) is 0 Å². The van der Waals surface area contributed by atoms with Crippen LogP contribution in [0, 0.1) is 8.41 Å². The molecule has 1 aromatic heterocycles. The molecule has 3 nitrogen and oxygen atoms in total. The predicted octanol–water partition coefficient (Wildman–Crippen LogP) is 3.00. The number of aromatic amines is 1. The highest BCUT2D eigenvalue weighted by Gasteiger charge is 2.02. The van der Waals surface area contributed by atoms with Crippen molar-refractivity contribution < 1.29 is 4.42 Å². The Morgan fingerprint density at radius 1 is 1.31 bits per heavy atom. The number of H-pyrrole nitrogens is 1. The molecule has 0 aliphatic heterocycles. The minimum absolute atomic E-state index is 0.300. The van der Waals surface area contributed by atoms with E-state index in [1.165, 1.54) is 3.57 Å². The molecule has 1 heterocycles. The first-order valence-electron chi connectivity index (χ1n) is 3.57. The van der Waals surface area contributed by atoms with Crippen LogP contribution in [0.2, 0.25) is 0 Å². The van der Waals surface area contributed by atoms with E-state index in [0.717, 1.165) is 5.56 Å². The summed E-state index contributed by atoms with van der Waals surface area (Å²) in [6.45, 7) is 0. The van der Waals surface area contributed by atoms with Gasteiger partial charge in [0.15, 0.2) is 0 Å². The number of benzene rings is 1. The molecule has 0 saturated heterocycles. The summed E-state index contributed by atoms with van der Waals surface area (Å²) in [4.78, 5) is 0.300. The SMILES string of the molecule is S=c1[nH]nc(-c2ccc(I)cc2)o1. The second kappa shape index (κ2) is 3.59. The first kappa shape index (κ1) is 8.89. The molecule has 0 fully saturated rings. The molecule has 0 radical (unpaired) electrons. The molecule has 0 saturated carbocycles. The molecule has 13 heavy (non-hydrogen) atoms. The Balaban J connectivity index is 2.47. The van der Waals surface area contributed by atoms with Gasteiger partial charge in [-0.1, -0.05) is 0 Å². The minimum atomic E-state index is 0.300. The van der Waals surface area contributed by atoms with Gasteiger partial charge in [0.2, 0.25) is 5.89 Å². The Hall–Kier alpha value is -0.690. The van der Waals surface area contributed by atoms with Crippen LogP contribution in [0.4, 0.5) is 0 Å². The lowest BCUT2D eigenvalue weighted by Gasteiger charge is -1.93. The van der Waals surface area contributed by atoms with Crippen molar-refractivity contribution >= 4 is 34.8 Å². The first-order valence-corrected chi connectivity index (χ1v) is 5.06. The molecule has 0 amide bonds. The van der Waals surface area contributed by atoms with Crippen LogP contribution in [0.1, 0.15) is 0 Å². The summed E-state index contributed by atoms with van der Waals surface area (Å²) >= 11 is 7.01. The molecular formula is C8H5IN2OS. The molecule has 1 aromatic carbocycles. The molecule has 2 rings (SSSR count). The fraction of sp³-hybridized carbons (Fsp3) is 0. The van der Waals surface area contributed by atoms with Crippen LogP contribution in [0.3, 0.4) is 0 Å². The third-order valence-corrected chi connectivity index (χ3v) is 2.42. The lowest BCUT2D eigenvalue weighted by atomic mass is 10.2. The third kappa shape index (κ3) is 1.97. The molecule has 1 N–H and O–H groups in total. The Morgan fingerprint density at radius 3 is 2.54 bits per heavy atom. The van der Waals surface area contributed by atoms with Gasteiger partial charge in [0.25, 0.3) is 4.84 Å². The molecular weight excluding hydrogens is 299 g/mol. The molecule has 2 aromatic rings. The average Bonchev–Trinajstić information content (AvgIpc) is 2.53. The predicted molar refractivity (Wildman–Crippen MR) is 59.8 cm³/mol. The minimum Gasteiger partial charge on any atom is -0.409 e. The number of aromatic nitrogens is 2. The number of hydrogen-bond donors (Lipinski definition) is 1. The maximum absolute atomic E-state index is 5.16. The van der Waals surface area contributed by atoms with Crippen molar-refractivity contribution in [1.82, 2.24) is 10.2 Å². The lowest BCUT2D eigenvalue weighted by Crippen LogP contribution is -1.77. The first-order chi connectivity index (χ1) is 6.25. The Kier molecular flexibility index (Phi) is 2.45. The Bertz CT molecular complexity index is 459. The number of nitrogens with one attached hydrogen (secondary N) is 1. The molecule has 0 spiro atoms. The van der Waals surface area contributed by atoms with Crippen molar-refractivity contribution in [2.45, 2.75) is 0 Å². The zero-order valence-electron chi connectivity index (χ0n) is 6.45. The largest absolute Gasteiger partial charge is 0.409 e. The molecule has 66 valence electrons. The highest BCUT2D eigenvalue weighted by atomic mass is 127. The van der Waals surface area contributed by atoms with Crippen molar-refractivity contribution in [3.8, 4) is 11.5 Å². The fourth-order valence-electron chi connectivity index (χ4n) is 0.946. The van der Waals surface area contributed by atoms with E-state index in [0.29, 0.717) is 10.7 Å². The third-order valence-electron chi connectivity index (χ3n) is 1.53. The van der Waals surface area contributed by atoms with Crippen molar-refractivity contribution in [2.24, 2.45) is 0 Å². The summed E-state index contributed by atoms with van der Waals surface area (Å²) in [7, 11) is 0. The number of halogens is 1. The fourth-order valence-corrected chi connectivity index (χ4v) is 1.43. The maximum Gasteiger partial charge on any atom is 0.284 e. The quantitative estimate of drug-likeness (QED) is 0.650. The van der Waals surface area contributed by atoms with Crippen LogP contribution in [-0.4, -0.2) is 10.2 Å². The standard InChI is InChI=1S/C8H5IN2OS/c9-6-3-1-5(2-4-6)7-10-11-8(13)12-7/h1-4H,(H,11,13). The average molecular weight is 304 g/mol. The van der Waals surface area contributed by atoms with Gasteiger partial charge in [-0.3, -0.25) is 0 Å². The topological polar surface area (TPSA) is 41.8 Å². The van der Waals surface area contributed by atoms with Gasteiger partial charge in [-0.25, -0.2) is 5.10 Å². The van der Waals surface area contributed by atoms with Gasteiger partial charge in [-0.05, 0) is 59.1 Å². The van der Waals surface area contributed by atoms with Gasteiger partial charge in [0.1, 0.15) is 0 Å². The van der Waals surface area contributed by atoms with E-state index in [4.69, 9.17) is 16.6 Å². The van der Waals surface area contributed by atoms with Gasteiger partial charge in [-0.15, -0.1) is 5.10 Å². The van der Waals surface area contributed by atoms with Crippen LogP contribution in [0.25, 0.3) is 11.5 Å². The van der Waals surface area contributed by atoms with E-state index in [9.17, 15) is 0 Å². The summed E-state index contributed by atoms with van der Waals surface area (Å²) in [5.41, 5.74) is 0.924. The normalized spacial score (nSPS) is 10.2. The monoisotopic (exact) mass is 304 g/mol. The summed E-state index contributed by atoms with van der Waals surface area (Å²) in [6, 6.07) is 7.86. The zero-order chi connectivity index (χ0) is 9.26. The summed E-state index contributed by atoms with van der Waals surface area (Å²) < 4.78 is 6.33. The van der Waals surface area contributed by atoms with E-state index in [2.05, 4.69) is 32.8 Å². The summed E-state index contributed by atoms with van der Waals surface area (Å²) in [5.74, 6) is 0.529. The molecule has 0 aliphatic carbocycles. The smallest absolute Gasteiger partial charge is 0.284 e. The van der Waals surface area contributed by atoms with Crippen LogP contribution in [-0.2, 0) is 0 Å². The van der Waals surface area contributed by atoms with E-state index < -0.39 is 0 Å². The summed E-state index contributed by atoms with van der Waals surface area (Å²) in [6.07, 6.45) is 0. The molecule has 0 unspecified atom stereocenters. The van der Waals surface area contributed by atoms with E-state index in [-0.39, 0.29) is 0 Å². The number of hydrogen-bond acceptors (Lipinski definition) is 3. The van der Waals surface area contributed by atoms with Gasteiger partial charge in [0, 0.05) is 9.13 Å². The second-order valence-corrected chi connectivity index (χ2v) is 4.04. The van der Waals surface area contributed by atoms with Gasteiger partial charge >= 0.3 is 0 Å². The van der Waals surface area contributed by atoms with Crippen molar-refractivity contribution in [1.29, 1.82) is 0 Å². The second-order valence-electron chi connectivity index (χ2n) is 2.43. The molecule has 0 aliphatic rings. The Labute approximate surface area is 93.3 Å². The lowest BCUT2D eigenvalue weighted by molar-refractivity contribution is 0.552. The number of rotatable bonds is 1. The van der Waals surface area contributed by atoms with Crippen LogP contribution >= 0.6 is 34.8 Å². The summed E-state index contributed by atoms with van der Waals surface area (Å²) in [5, 5.41) is 6.50. The Morgan fingerprint density at radius 2 is 2.00 bits per heavy atom. The highest BCUT2D eigenvalue weighted by Crippen LogP contribution is 2.17. The van der Waals surface area contributed by atoms with Gasteiger partial charge in [-0.2, -0.15) is 0 Å². The van der Waals surface area contributed by atoms with E-state index in [1.807, 2.05) is 24.3 Å². The van der Waals surface area contributed by atoms with Crippen molar-refractivity contribution in [3.63, 3.8) is 0 Å². The zero-order valence-corrected chi connectivity index (χ0v) is 9.43. The maximum atomic E-state index is 5.16. The van der Waals surface area contributed by atoms with Crippen LogP contribution < -0.4 is 0 Å². The van der Waals surface area contributed by atoms with Gasteiger partial charge in [0.05, 0.1) is 0 Å². The van der Waals surface area contributed by atoms with Crippen LogP contribution in [0.15, 0.2) is 28.7 Å². The van der Waals surface area contributed by atoms with Crippen molar-refractivity contribution in [3.05, 3.63) is 32.7 Å². The van der Waals surface area contributed by atoms with E-state index in [1.54, 1.807) is 0 Å². The molecule has 0 atom stereocenters. The molecule has 5 heteroatoms. The highest BCUT2D eigenvalue weighted by molar-refractivity contribution is 14.1.